The highest BCUT2D eigenvalue weighted by molar-refractivity contribution is 6.35. The van der Waals surface area contributed by atoms with Crippen LogP contribution in [0.15, 0.2) is 163 Å². The first-order chi connectivity index (χ1) is 54.5. The lowest BCUT2D eigenvalue weighted by Crippen LogP contribution is -2.59. The van der Waals surface area contributed by atoms with E-state index in [4.69, 9.17) is 72.6 Å². The molecule has 3 atom stereocenters. The predicted molar refractivity (Wildman–Crippen MR) is 452 cm³/mol. The number of aliphatic imine (C=N–C) groups is 1. The van der Waals surface area contributed by atoms with Gasteiger partial charge < -0.3 is 29.4 Å². The zero-order chi connectivity index (χ0) is 83.6. The van der Waals surface area contributed by atoms with E-state index in [1.165, 1.54) is 45.6 Å². The molecule has 6 aromatic heterocycles. The number of carbonyl (C=O) groups excluding carboxylic acids is 3. The second kappa shape index (κ2) is 34.5. The van der Waals surface area contributed by atoms with E-state index >= 15 is 4.39 Å². The van der Waals surface area contributed by atoms with Crippen LogP contribution in [0.1, 0.15) is 97.9 Å². The number of nitrogens with zero attached hydrogens (tertiary/aromatic N) is 17. The van der Waals surface area contributed by atoms with E-state index < -0.39 is 39.7 Å². The first kappa shape index (κ1) is 84.1. The van der Waals surface area contributed by atoms with Crippen molar-refractivity contribution in [3.05, 3.63) is 224 Å². The average molecular weight is 1620 g/mol. The summed E-state index contributed by atoms with van der Waals surface area (Å²) in [6.45, 7) is 44.9. The van der Waals surface area contributed by atoms with Crippen LogP contribution >= 0.6 is 34.8 Å². The maximum absolute atomic E-state index is 15.1. The van der Waals surface area contributed by atoms with E-state index in [1.807, 2.05) is 81.9 Å². The molecule has 0 bridgehead atoms. The number of aryl methyl sites for hydroxylation is 1. The molecule has 10 heterocycles. The van der Waals surface area contributed by atoms with Crippen LogP contribution in [0.2, 0.25) is 15.1 Å². The van der Waals surface area contributed by atoms with Gasteiger partial charge >= 0.3 is 11.4 Å². The maximum atomic E-state index is 15.1. The molecule has 4 aliphatic rings. The summed E-state index contributed by atoms with van der Waals surface area (Å²) in [7, 11) is 0. The minimum Gasteiger partial charge on any atom is -0.352 e. The van der Waals surface area contributed by atoms with Gasteiger partial charge in [-0.1, -0.05) is 130 Å². The number of benzene rings is 3. The number of hydrogen-bond donors (Lipinski definition) is 0. The number of amides is 3. The van der Waals surface area contributed by atoms with Crippen molar-refractivity contribution in [1.82, 2.24) is 63.6 Å². The lowest BCUT2D eigenvalue weighted by Gasteiger charge is -2.46. The highest BCUT2D eigenvalue weighted by Gasteiger charge is 2.40. The van der Waals surface area contributed by atoms with Crippen LogP contribution in [0, 0.1) is 59.9 Å². The SMILES string of the molecule is C#CC(C)(C)Cn1c(=O)nc(N2CCN(C(=O)C=C)CC2)c2cc(Cl)c(-c3ccccc3F)nc21.C#CC(C)(C)Cn1c(=O)nc(N2CCN(C(=O)C=C)CC2C)c2cc(Cl)c(-c3ccccc3F)nc21.C=CC(=O)N1CC(C)N(C2=NC(=C)N(c3c(C)nc(C(=C)C)nc3C(C)C)c3nc(-c4ccccc4F)c(Cl)cc32)CC1C. The number of aromatic nitrogens is 9. The number of halogens is 6. The Morgan fingerprint density at radius 2 is 1.03 bits per heavy atom. The number of piperazine rings is 3. The number of allylic oxidation sites excluding steroid dienone is 1. The van der Waals surface area contributed by atoms with Gasteiger partial charge in [-0.15, -0.1) is 12.8 Å². The lowest BCUT2D eigenvalue weighted by atomic mass is 9.95. The van der Waals surface area contributed by atoms with Crippen LogP contribution in [-0.2, 0) is 27.5 Å². The molecule has 115 heavy (non-hydrogen) atoms. The van der Waals surface area contributed by atoms with E-state index in [1.54, 1.807) is 82.6 Å². The van der Waals surface area contributed by atoms with Gasteiger partial charge in [0, 0.05) is 118 Å². The van der Waals surface area contributed by atoms with Gasteiger partial charge in [0.2, 0.25) is 17.7 Å². The highest BCUT2D eigenvalue weighted by Crippen LogP contribution is 2.45. The van der Waals surface area contributed by atoms with Gasteiger partial charge in [0.15, 0.2) is 11.6 Å². The second-order valence-electron chi connectivity index (χ2n) is 30.3. The first-order valence-electron chi connectivity index (χ1n) is 37.3. The van der Waals surface area contributed by atoms with Crippen molar-refractivity contribution < 1.29 is 27.6 Å². The molecule has 594 valence electrons. The van der Waals surface area contributed by atoms with Crippen molar-refractivity contribution in [1.29, 1.82) is 0 Å². The van der Waals surface area contributed by atoms with Crippen LogP contribution in [0.25, 0.3) is 61.4 Å². The molecule has 3 fully saturated rings. The average Bonchev–Trinajstić information content (AvgIpc) is 0.737. The molecule has 0 N–H and O–H groups in total. The molecular weight excluding hydrogens is 1530 g/mol. The molecule has 3 aromatic carbocycles. The molecule has 0 spiro atoms. The summed E-state index contributed by atoms with van der Waals surface area (Å²) in [6, 6.07) is 23.6. The molecular formula is C87H89Cl3F3N17O5. The van der Waals surface area contributed by atoms with Crippen molar-refractivity contribution >= 4 is 109 Å². The van der Waals surface area contributed by atoms with Gasteiger partial charge in [-0.2, -0.15) is 9.97 Å². The van der Waals surface area contributed by atoms with E-state index in [-0.39, 0.29) is 98.0 Å². The van der Waals surface area contributed by atoms with E-state index in [0.29, 0.717) is 139 Å². The summed E-state index contributed by atoms with van der Waals surface area (Å²) in [4.78, 5) is 114. The monoisotopic (exact) mass is 1610 g/mol. The molecule has 0 saturated carbocycles. The number of amidine groups is 1. The quantitative estimate of drug-likeness (QED) is 0.0688. The minimum atomic E-state index is -0.663. The van der Waals surface area contributed by atoms with Gasteiger partial charge in [0.05, 0.1) is 65.6 Å². The van der Waals surface area contributed by atoms with Crippen molar-refractivity contribution in [2.45, 2.75) is 113 Å². The van der Waals surface area contributed by atoms with Crippen LogP contribution in [-0.4, -0.2) is 164 Å². The standard InChI is InChI=1S/C34H37ClFN7O.C27H27ClFN5O2.C26H25ClFN5O2/c1-10-28(44)41-16-21(7)42(17-20(41)6)33-25-15-26(35)30(24-13-11-12-14-27(24)36)40-34(25)43(23(9)38-33)31-22(8)37-32(19(4)5)39-29(31)18(2)3;1-6-22(35)32-12-13-33(17(3)15-32)25-19-14-20(28)23(18-10-8-9-11-21(18)29)30-24(19)34(26(36)31-25)16-27(4,5)7-2;1-5-21(34)31-11-13-32(14-12-31)23-18-15-19(27)22(17-9-7-8-10-20(17)28)29-24(18)33(25(35)30-23)16-26(3,4)6-2/h10-15,18,20-21H,1,4,9,16-17H2,2-3,5-8H3;2,6,8-11,14,17H,1,12-13,15-16H2,3-5H3;2,5,7-10,15H,1,11-14,16H2,3-4H3. The number of hydrogen-bond acceptors (Lipinski definition) is 17. The molecule has 3 amide bonds. The molecule has 22 nitrogen and oxygen atoms in total. The molecule has 28 heteroatoms. The summed E-state index contributed by atoms with van der Waals surface area (Å²) in [5.41, 5.74) is 3.35. The van der Waals surface area contributed by atoms with Crippen molar-refractivity contribution in [2.75, 3.05) is 73.6 Å². The van der Waals surface area contributed by atoms with E-state index in [9.17, 15) is 32.8 Å². The predicted octanol–water partition coefficient (Wildman–Crippen LogP) is 15.2. The Bertz CT molecular complexity index is 5700. The Morgan fingerprint density at radius 1 is 0.574 bits per heavy atom. The van der Waals surface area contributed by atoms with Crippen molar-refractivity contribution in [3.8, 4) is 58.5 Å². The Kier molecular flexibility index (Phi) is 25.3. The normalized spacial score (nSPS) is 16.4. The summed E-state index contributed by atoms with van der Waals surface area (Å²) in [6.07, 6.45) is 15.3. The summed E-state index contributed by atoms with van der Waals surface area (Å²) >= 11 is 20.1. The highest BCUT2D eigenvalue weighted by atomic mass is 35.5. The number of terminal acetylenes is 2. The number of anilines is 4. The Morgan fingerprint density at radius 3 is 1.50 bits per heavy atom. The fourth-order valence-corrected chi connectivity index (χ4v) is 15.0. The molecule has 3 unspecified atom stereocenters. The topological polar surface area (TPSA) is 220 Å². The van der Waals surface area contributed by atoms with Gasteiger partial charge in [0.25, 0.3) is 0 Å². The second-order valence-corrected chi connectivity index (χ2v) is 31.5. The Hall–Kier alpha value is -11.8. The van der Waals surface area contributed by atoms with Gasteiger partial charge in [-0.25, -0.2) is 52.7 Å². The Balaban J connectivity index is 0.000000171. The largest absolute Gasteiger partial charge is 0.352 e. The number of fused-ring (bicyclic) bond motifs is 3. The lowest BCUT2D eigenvalue weighted by molar-refractivity contribution is -0.130. The fourth-order valence-electron chi connectivity index (χ4n) is 14.3. The fraction of sp³-hybridized carbons (Fsp3) is 0.322. The number of rotatable bonds is 15. The van der Waals surface area contributed by atoms with E-state index in [2.05, 4.69) is 78.4 Å². The van der Waals surface area contributed by atoms with Crippen LogP contribution in [0.5, 0.6) is 0 Å². The third-order valence-corrected chi connectivity index (χ3v) is 21.2. The third-order valence-electron chi connectivity index (χ3n) is 20.4. The summed E-state index contributed by atoms with van der Waals surface area (Å²) in [5, 5.41) is 1.83. The van der Waals surface area contributed by atoms with Crippen molar-refractivity contribution in [2.24, 2.45) is 15.8 Å². The van der Waals surface area contributed by atoms with E-state index in [0.717, 1.165) is 11.3 Å². The van der Waals surface area contributed by atoms with Crippen LogP contribution < -0.4 is 26.1 Å². The first-order valence-corrected chi connectivity index (χ1v) is 38.5. The van der Waals surface area contributed by atoms with Gasteiger partial charge in [-0.05, 0) is 147 Å². The smallest absolute Gasteiger partial charge is 0.351 e. The molecule has 4 aliphatic heterocycles. The van der Waals surface area contributed by atoms with Gasteiger partial charge in [0.1, 0.15) is 52.0 Å². The molecule has 13 rings (SSSR count). The molecule has 9 aromatic rings. The van der Waals surface area contributed by atoms with Crippen LogP contribution in [0.4, 0.5) is 36.3 Å². The summed E-state index contributed by atoms with van der Waals surface area (Å²) in [5.74, 6) is 6.53. The molecule has 0 radical (unpaired) electrons. The zero-order valence-electron chi connectivity index (χ0n) is 66.1. The Labute approximate surface area is 681 Å². The van der Waals surface area contributed by atoms with Crippen molar-refractivity contribution in [3.63, 3.8) is 0 Å². The summed E-state index contributed by atoms with van der Waals surface area (Å²) < 4.78 is 47.2. The minimum absolute atomic E-state index is 0.0149. The van der Waals surface area contributed by atoms with Gasteiger partial charge in [-0.3, -0.25) is 28.4 Å². The van der Waals surface area contributed by atoms with Crippen LogP contribution in [0.3, 0.4) is 0 Å². The molecule has 0 aliphatic carbocycles. The number of pyridine rings is 3. The zero-order valence-corrected chi connectivity index (χ0v) is 68.3. The molecule has 3 saturated heterocycles. The maximum Gasteiger partial charge on any atom is 0.351 e. The number of carbonyl (C=O) groups is 3. The third kappa shape index (κ3) is 17.5.